The number of nitrogen functional groups attached to an aromatic ring is 1. The van der Waals surface area contributed by atoms with Gasteiger partial charge in [-0.05, 0) is 0 Å². The third kappa shape index (κ3) is 1.87. The minimum Gasteiger partial charge on any atom is -0.394 e. The summed E-state index contributed by atoms with van der Waals surface area (Å²) in [6.07, 6.45) is 0.00940. The SMILES string of the molecule is Cn1c[n+]([C@@H]2O[C@H](CO)C[C@H]2O)c2nc(N)[nH]c(=O)c21. The Balaban J connectivity index is 2.15. The van der Waals surface area contributed by atoms with Crippen molar-refractivity contribution in [2.45, 2.75) is 24.9 Å². The maximum atomic E-state index is 11.9. The van der Waals surface area contributed by atoms with Crippen molar-refractivity contribution in [2.24, 2.45) is 7.05 Å². The number of imidazole rings is 1. The third-order valence-corrected chi connectivity index (χ3v) is 3.43. The first-order chi connectivity index (χ1) is 9.51. The lowest BCUT2D eigenvalue weighted by atomic mass is 10.2. The molecule has 9 nitrogen and oxygen atoms in total. The molecule has 0 amide bonds. The molecule has 1 fully saturated rings. The molecular formula is C11H16N5O4+. The van der Waals surface area contributed by atoms with Gasteiger partial charge in [-0.2, -0.15) is 0 Å². The first-order valence-corrected chi connectivity index (χ1v) is 6.21. The number of aliphatic hydroxyl groups is 2. The molecule has 0 radical (unpaired) electrons. The summed E-state index contributed by atoms with van der Waals surface area (Å²) in [4.78, 5) is 18.4. The Morgan fingerprint density at radius 2 is 2.45 bits per heavy atom. The largest absolute Gasteiger partial charge is 0.394 e. The molecule has 0 bridgehead atoms. The zero-order valence-electron chi connectivity index (χ0n) is 10.9. The topological polar surface area (TPSA) is 130 Å². The van der Waals surface area contributed by atoms with Gasteiger partial charge < -0.3 is 20.7 Å². The van der Waals surface area contributed by atoms with Crippen molar-refractivity contribution in [1.82, 2.24) is 14.5 Å². The Kier molecular flexibility index (Phi) is 2.96. The fourth-order valence-corrected chi connectivity index (χ4v) is 2.55. The number of ether oxygens (including phenoxy) is 1. The Labute approximate surface area is 113 Å². The Hall–Kier alpha value is -1.97. The Morgan fingerprint density at radius 3 is 3.10 bits per heavy atom. The van der Waals surface area contributed by atoms with Crippen LogP contribution in [0.4, 0.5) is 5.95 Å². The molecule has 1 saturated heterocycles. The average Bonchev–Trinajstić information content (AvgIpc) is 2.90. The van der Waals surface area contributed by atoms with Gasteiger partial charge in [-0.1, -0.05) is 4.98 Å². The lowest BCUT2D eigenvalue weighted by Gasteiger charge is -2.11. The highest BCUT2D eigenvalue weighted by atomic mass is 16.5. The molecule has 0 unspecified atom stereocenters. The van der Waals surface area contributed by atoms with Crippen LogP contribution in [0, 0.1) is 0 Å². The van der Waals surface area contributed by atoms with E-state index in [0.717, 1.165) is 0 Å². The van der Waals surface area contributed by atoms with E-state index in [0.29, 0.717) is 17.6 Å². The van der Waals surface area contributed by atoms with Crippen LogP contribution in [0.2, 0.25) is 0 Å². The lowest BCUT2D eigenvalue weighted by Crippen LogP contribution is -2.44. The molecule has 108 valence electrons. The van der Waals surface area contributed by atoms with Crippen molar-refractivity contribution < 1.29 is 19.5 Å². The minimum atomic E-state index is -0.787. The maximum absolute atomic E-state index is 11.9. The van der Waals surface area contributed by atoms with Gasteiger partial charge in [-0.25, -0.2) is 4.57 Å². The second-order valence-corrected chi connectivity index (χ2v) is 4.89. The number of aryl methyl sites for hydroxylation is 1. The number of nitrogens with two attached hydrogens (primary N) is 1. The van der Waals surface area contributed by atoms with Crippen LogP contribution < -0.4 is 15.9 Å². The van der Waals surface area contributed by atoms with Crippen molar-refractivity contribution in [2.75, 3.05) is 12.3 Å². The minimum absolute atomic E-state index is 0.00588. The monoisotopic (exact) mass is 282 g/mol. The fourth-order valence-electron chi connectivity index (χ4n) is 2.55. The van der Waals surface area contributed by atoms with Crippen molar-refractivity contribution in [1.29, 1.82) is 0 Å². The molecule has 0 aromatic carbocycles. The second-order valence-electron chi connectivity index (χ2n) is 4.89. The normalized spacial score (nSPS) is 26.4. The molecule has 2 aromatic heterocycles. The van der Waals surface area contributed by atoms with Crippen molar-refractivity contribution in [3.8, 4) is 0 Å². The number of H-pyrrole nitrogens is 1. The standard InChI is InChI=1S/C11H15N5O4/c1-15-4-16(10-6(18)2-5(3-17)20-10)8-7(15)9(19)14-11(12)13-8/h4-6,10,17-18H,2-3H2,1H3,(H2-,12,13,14,19)/p+1/t5-,6+,10+/m0/s1. The number of nitrogens with zero attached hydrogens (tertiary/aromatic N) is 3. The van der Waals surface area contributed by atoms with E-state index in [2.05, 4.69) is 9.97 Å². The van der Waals surface area contributed by atoms with Gasteiger partial charge in [0.25, 0.3) is 11.5 Å². The van der Waals surface area contributed by atoms with Crippen molar-refractivity contribution in [3.05, 3.63) is 16.7 Å². The van der Waals surface area contributed by atoms with Crippen LogP contribution in [0.5, 0.6) is 0 Å². The summed E-state index contributed by atoms with van der Waals surface area (Å²) in [6, 6.07) is 0. The number of aromatic nitrogens is 4. The first-order valence-electron chi connectivity index (χ1n) is 6.21. The number of fused-ring (bicyclic) bond motifs is 1. The molecule has 1 aliphatic heterocycles. The number of anilines is 1. The quantitative estimate of drug-likeness (QED) is 0.461. The zero-order chi connectivity index (χ0) is 14.4. The Bertz CT molecular complexity index is 709. The summed E-state index contributed by atoms with van der Waals surface area (Å²) in [5.74, 6) is -0.00588. The molecule has 3 rings (SSSR count). The van der Waals surface area contributed by atoms with E-state index in [-0.39, 0.29) is 18.1 Å². The van der Waals surface area contributed by atoms with Gasteiger partial charge in [0.05, 0.1) is 19.8 Å². The predicted octanol–water partition coefficient (Wildman–Crippen LogP) is -2.23. The van der Waals surface area contributed by atoms with Crippen LogP contribution in [-0.4, -0.2) is 43.6 Å². The highest BCUT2D eigenvalue weighted by molar-refractivity contribution is 5.67. The molecule has 1 aliphatic rings. The summed E-state index contributed by atoms with van der Waals surface area (Å²) >= 11 is 0. The summed E-state index contributed by atoms with van der Waals surface area (Å²) in [5.41, 5.74) is 5.86. The molecular weight excluding hydrogens is 266 g/mol. The van der Waals surface area contributed by atoms with Crippen LogP contribution in [0.3, 0.4) is 0 Å². The van der Waals surface area contributed by atoms with Crippen LogP contribution in [0.1, 0.15) is 12.6 Å². The van der Waals surface area contributed by atoms with Crippen LogP contribution in [0.25, 0.3) is 11.2 Å². The van der Waals surface area contributed by atoms with Crippen molar-refractivity contribution in [3.63, 3.8) is 0 Å². The van der Waals surface area contributed by atoms with Gasteiger partial charge in [-0.15, -0.1) is 0 Å². The number of nitrogens with one attached hydrogen (secondary N) is 1. The molecule has 3 heterocycles. The Morgan fingerprint density at radius 1 is 1.70 bits per heavy atom. The van der Waals surface area contributed by atoms with Gasteiger partial charge in [-0.3, -0.25) is 14.3 Å². The van der Waals surface area contributed by atoms with E-state index in [4.69, 9.17) is 15.6 Å². The van der Waals surface area contributed by atoms with E-state index in [1.165, 1.54) is 0 Å². The smallest absolute Gasteiger partial charge is 0.313 e. The molecule has 0 aliphatic carbocycles. The zero-order valence-corrected chi connectivity index (χ0v) is 10.9. The van der Waals surface area contributed by atoms with E-state index in [1.54, 1.807) is 22.5 Å². The highest BCUT2D eigenvalue weighted by Gasteiger charge is 2.39. The second kappa shape index (κ2) is 4.54. The third-order valence-electron chi connectivity index (χ3n) is 3.43. The van der Waals surface area contributed by atoms with Crippen LogP contribution >= 0.6 is 0 Å². The molecule has 5 N–H and O–H groups in total. The molecule has 20 heavy (non-hydrogen) atoms. The summed E-state index contributed by atoms with van der Waals surface area (Å²) in [5, 5.41) is 19.2. The number of rotatable bonds is 2. The first kappa shape index (κ1) is 13.0. The number of hydrogen-bond donors (Lipinski definition) is 4. The predicted molar refractivity (Wildman–Crippen MR) is 67.6 cm³/mol. The summed E-state index contributed by atoms with van der Waals surface area (Å²) < 4.78 is 8.71. The van der Waals surface area contributed by atoms with Crippen LogP contribution in [-0.2, 0) is 11.8 Å². The van der Waals surface area contributed by atoms with Gasteiger partial charge in [0.15, 0.2) is 6.33 Å². The number of aromatic amines is 1. The number of hydrogen-bond acceptors (Lipinski definition) is 6. The summed E-state index contributed by atoms with van der Waals surface area (Å²) in [7, 11) is 1.69. The fraction of sp³-hybridized carbons (Fsp3) is 0.545. The van der Waals surface area contributed by atoms with Crippen LogP contribution in [0.15, 0.2) is 11.1 Å². The number of aliphatic hydroxyl groups excluding tert-OH is 2. The van der Waals surface area contributed by atoms with E-state index in [9.17, 15) is 9.90 Å². The van der Waals surface area contributed by atoms with Gasteiger partial charge in [0, 0.05) is 6.42 Å². The lowest BCUT2D eigenvalue weighted by molar-refractivity contribution is -0.745. The summed E-state index contributed by atoms with van der Waals surface area (Å²) in [6.45, 7) is -0.172. The van der Waals surface area contributed by atoms with E-state index < -0.39 is 18.4 Å². The molecule has 2 aromatic rings. The molecule has 0 saturated carbocycles. The molecule has 3 atom stereocenters. The highest BCUT2D eigenvalue weighted by Crippen LogP contribution is 2.25. The van der Waals surface area contributed by atoms with Gasteiger partial charge in [0.1, 0.15) is 6.10 Å². The van der Waals surface area contributed by atoms with Gasteiger partial charge >= 0.3 is 5.65 Å². The maximum Gasteiger partial charge on any atom is 0.313 e. The van der Waals surface area contributed by atoms with Crippen molar-refractivity contribution >= 4 is 17.1 Å². The van der Waals surface area contributed by atoms with E-state index >= 15 is 0 Å². The average molecular weight is 282 g/mol. The molecule has 9 heteroatoms. The molecule has 0 spiro atoms. The van der Waals surface area contributed by atoms with E-state index in [1.807, 2.05) is 0 Å². The van der Waals surface area contributed by atoms with Gasteiger partial charge in [0.2, 0.25) is 11.7 Å².